The lowest BCUT2D eigenvalue weighted by atomic mass is 10.00. The zero-order valence-corrected chi connectivity index (χ0v) is 14.4. The Morgan fingerprint density at radius 3 is 2.78 bits per heavy atom. The van der Waals surface area contributed by atoms with Crippen LogP contribution in [0.4, 0.5) is 0 Å². The Morgan fingerprint density at radius 2 is 2.04 bits per heavy atom. The number of benzene rings is 1. The molecule has 1 aliphatic rings. The lowest BCUT2D eigenvalue weighted by molar-refractivity contribution is 0.111. The van der Waals surface area contributed by atoms with Crippen molar-refractivity contribution in [1.82, 2.24) is 15.5 Å². The number of guanidine groups is 1. The smallest absolute Gasteiger partial charge is 0.191 e. The maximum Gasteiger partial charge on any atom is 0.191 e. The maximum absolute atomic E-state index is 10.3. The summed E-state index contributed by atoms with van der Waals surface area (Å²) in [5.41, 5.74) is 2.82. The Hall–Kier alpha value is -1.59. The normalized spacial score (nSPS) is 16.7. The van der Waals surface area contributed by atoms with Gasteiger partial charge in [0.15, 0.2) is 5.96 Å². The zero-order valence-electron chi connectivity index (χ0n) is 14.4. The number of β-amino-alcohol motifs (C(OH)–C–C–N with tert-alkyl or cyclic N) is 1. The maximum atomic E-state index is 10.3. The predicted molar refractivity (Wildman–Crippen MR) is 95.7 cm³/mol. The van der Waals surface area contributed by atoms with Gasteiger partial charge in [0.2, 0.25) is 0 Å². The van der Waals surface area contributed by atoms with Gasteiger partial charge in [0.05, 0.1) is 12.6 Å². The highest BCUT2D eigenvalue weighted by atomic mass is 16.3. The molecule has 1 unspecified atom stereocenters. The van der Waals surface area contributed by atoms with Gasteiger partial charge >= 0.3 is 0 Å². The number of aliphatic imine (C=N–C) groups is 1. The van der Waals surface area contributed by atoms with Gasteiger partial charge in [0, 0.05) is 32.7 Å². The van der Waals surface area contributed by atoms with Gasteiger partial charge in [-0.1, -0.05) is 31.2 Å². The number of nitrogens with zero attached hydrogens (tertiary/aromatic N) is 2. The number of aliphatic hydroxyl groups excluding tert-OH is 1. The van der Waals surface area contributed by atoms with Crippen molar-refractivity contribution >= 4 is 5.96 Å². The Bertz CT molecular complexity index is 504. The molecule has 1 aromatic rings. The molecule has 0 aromatic heterocycles. The van der Waals surface area contributed by atoms with Crippen LogP contribution in [-0.2, 0) is 13.0 Å². The van der Waals surface area contributed by atoms with E-state index < -0.39 is 6.10 Å². The molecule has 1 aromatic carbocycles. The van der Waals surface area contributed by atoms with E-state index in [-0.39, 0.29) is 0 Å². The highest BCUT2D eigenvalue weighted by molar-refractivity contribution is 5.79. The molecule has 0 aliphatic carbocycles. The standard InChI is InChI=1S/C18H30N4O/c1-3-10-20-18(19-4-2)21-12-17(23)14-22-11-9-15-7-5-6-8-16(15)13-22/h5-8,17,23H,3-4,9-14H2,1-2H3,(H2,19,20,21). The SMILES string of the molecule is CCCNC(=NCC(O)CN1CCc2ccccc2C1)NCC. The molecule has 0 bridgehead atoms. The summed E-state index contributed by atoms with van der Waals surface area (Å²) in [5, 5.41) is 16.7. The molecule has 5 heteroatoms. The first kappa shape index (κ1) is 17.8. The second kappa shape index (κ2) is 9.53. The number of rotatable bonds is 7. The molecule has 0 saturated heterocycles. The van der Waals surface area contributed by atoms with Crippen LogP contribution in [0, 0.1) is 0 Å². The van der Waals surface area contributed by atoms with Crippen LogP contribution in [0.25, 0.3) is 0 Å². The first-order valence-electron chi connectivity index (χ1n) is 8.72. The third-order valence-electron chi connectivity index (χ3n) is 4.03. The van der Waals surface area contributed by atoms with Crippen molar-refractivity contribution in [3.63, 3.8) is 0 Å². The van der Waals surface area contributed by atoms with E-state index in [9.17, 15) is 5.11 Å². The number of hydrogen-bond acceptors (Lipinski definition) is 3. The van der Waals surface area contributed by atoms with Crippen molar-refractivity contribution in [3.8, 4) is 0 Å². The first-order valence-corrected chi connectivity index (χ1v) is 8.72. The summed E-state index contributed by atoms with van der Waals surface area (Å²) < 4.78 is 0. The highest BCUT2D eigenvalue weighted by Gasteiger charge is 2.18. The van der Waals surface area contributed by atoms with Crippen LogP contribution in [0.15, 0.2) is 29.3 Å². The monoisotopic (exact) mass is 318 g/mol. The molecular weight excluding hydrogens is 288 g/mol. The second-order valence-corrected chi connectivity index (χ2v) is 6.05. The van der Waals surface area contributed by atoms with Gasteiger partial charge in [-0.05, 0) is 30.9 Å². The fourth-order valence-corrected chi connectivity index (χ4v) is 2.85. The van der Waals surface area contributed by atoms with E-state index >= 15 is 0 Å². The van der Waals surface area contributed by atoms with Crippen LogP contribution in [0.3, 0.4) is 0 Å². The molecule has 5 nitrogen and oxygen atoms in total. The van der Waals surface area contributed by atoms with Gasteiger partial charge in [-0.15, -0.1) is 0 Å². The van der Waals surface area contributed by atoms with Gasteiger partial charge in [-0.3, -0.25) is 9.89 Å². The molecule has 128 valence electrons. The van der Waals surface area contributed by atoms with Gasteiger partial charge in [0.25, 0.3) is 0 Å². The number of hydrogen-bond donors (Lipinski definition) is 3. The molecule has 2 rings (SSSR count). The van der Waals surface area contributed by atoms with Gasteiger partial charge in [0.1, 0.15) is 0 Å². The van der Waals surface area contributed by atoms with Crippen molar-refractivity contribution in [1.29, 1.82) is 0 Å². The van der Waals surface area contributed by atoms with Crippen LogP contribution >= 0.6 is 0 Å². The summed E-state index contributed by atoms with van der Waals surface area (Å²) in [6.45, 7) is 8.92. The van der Waals surface area contributed by atoms with Gasteiger partial charge in [-0.2, -0.15) is 0 Å². The van der Waals surface area contributed by atoms with E-state index in [1.54, 1.807) is 0 Å². The minimum absolute atomic E-state index is 0.428. The predicted octanol–water partition coefficient (Wildman–Crippen LogP) is 1.37. The van der Waals surface area contributed by atoms with Crippen molar-refractivity contribution in [2.75, 3.05) is 32.7 Å². The Morgan fingerprint density at radius 1 is 1.26 bits per heavy atom. The van der Waals surface area contributed by atoms with Crippen molar-refractivity contribution in [3.05, 3.63) is 35.4 Å². The quantitative estimate of drug-likeness (QED) is 0.525. The highest BCUT2D eigenvalue weighted by Crippen LogP contribution is 2.18. The van der Waals surface area contributed by atoms with Crippen LogP contribution in [-0.4, -0.2) is 54.8 Å². The number of nitrogens with one attached hydrogen (secondary N) is 2. The zero-order chi connectivity index (χ0) is 16.5. The molecule has 1 atom stereocenters. The van der Waals surface area contributed by atoms with E-state index in [0.717, 1.165) is 45.0 Å². The molecule has 1 heterocycles. The van der Waals surface area contributed by atoms with E-state index in [1.165, 1.54) is 11.1 Å². The van der Waals surface area contributed by atoms with Crippen molar-refractivity contribution < 1.29 is 5.11 Å². The second-order valence-electron chi connectivity index (χ2n) is 6.05. The van der Waals surface area contributed by atoms with E-state index in [1.807, 2.05) is 6.92 Å². The average molecular weight is 318 g/mol. The van der Waals surface area contributed by atoms with Gasteiger partial charge < -0.3 is 15.7 Å². The van der Waals surface area contributed by atoms with Crippen LogP contribution < -0.4 is 10.6 Å². The fourth-order valence-electron chi connectivity index (χ4n) is 2.85. The summed E-state index contributed by atoms with van der Waals surface area (Å²) in [5.74, 6) is 0.789. The Balaban J connectivity index is 1.81. The number of aliphatic hydroxyl groups is 1. The summed E-state index contributed by atoms with van der Waals surface area (Å²) in [6, 6.07) is 8.58. The van der Waals surface area contributed by atoms with Gasteiger partial charge in [-0.25, -0.2) is 0 Å². The minimum atomic E-state index is -0.433. The largest absolute Gasteiger partial charge is 0.390 e. The fraction of sp³-hybridized carbons (Fsp3) is 0.611. The van der Waals surface area contributed by atoms with E-state index in [0.29, 0.717) is 13.1 Å². The molecular formula is C18H30N4O. The topological polar surface area (TPSA) is 59.9 Å². The molecule has 0 fully saturated rings. The molecule has 1 aliphatic heterocycles. The third-order valence-corrected chi connectivity index (χ3v) is 4.03. The van der Waals surface area contributed by atoms with Crippen LogP contribution in [0.1, 0.15) is 31.4 Å². The summed E-state index contributed by atoms with van der Waals surface area (Å²) >= 11 is 0. The first-order chi connectivity index (χ1) is 11.2. The average Bonchev–Trinajstić information content (AvgIpc) is 2.57. The lowest BCUT2D eigenvalue weighted by Gasteiger charge is -2.30. The summed E-state index contributed by atoms with van der Waals surface area (Å²) in [4.78, 5) is 6.79. The minimum Gasteiger partial charge on any atom is -0.390 e. The van der Waals surface area contributed by atoms with Crippen LogP contribution in [0.2, 0.25) is 0 Å². The lowest BCUT2D eigenvalue weighted by Crippen LogP contribution is -2.40. The van der Waals surface area contributed by atoms with Crippen molar-refractivity contribution in [2.45, 2.75) is 39.3 Å². The summed E-state index contributed by atoms with van der Waals surface area (Å²) in [6.07, 6.45) is 1.69. The molecule has 3 N–H and O–H groups in total. The summed E-state index contributed by atoms with van der Waals surface area (Å²) in [7, 11) is 0. The van der Waals surface area contributed by atoms with E-state index in [4.69, 9.17) is 0 Å². The van der Waals surface area contributed by atoms with Crippen LogP contribution in [0.5, 0.6) is 0 Å². The molecule has 0 amide bonds. The Kier molecular flexibility index (Phi) is 7.36. The Labute approximate surface area is 139 Å². The van der Waals surface area contributed by atoms with Crippen molar-refractivity contribution in [2.24, 2.45) is 4.99 Å². The molecule has 0 saturated carbocycles. The third kappa shape index (κ3) is 5.84. The molecule has 0 spiro atoms. The molecule has 23 heavy (non-hydrogen) atoms. The molecule has 0 radical (unpaired) electrons. The van der Waals surface area contributed by atoms with E-state index in [2.05, 4.69) is 51.7 Å². The number of fused-ring (bicyclic) bond motifs is 1.